The first-order valence-corrected chi connectivity index (χ1v) is 4.77. The highest BCUT2D eigenvalue weighted by atomic mass is 16.7. The summed E-state index contributed by atoms with van der Waals surface area (Å²) in [5, 5.41) is 3.20. The van der Waals surface area contributed by atoms with Gasteiger partial charge in [-0.1, -0.05) is 0 Å². The van der Waals surface area contributed by atoms with E-state index in [0.717, 1.165) is 38.5 Å². The van der Waals surface area contributed by atoms with Crippen molar-refractivity contribution in [3.05, 3.63) is 0 Å². The van der Waals surface area contributed by atoms with E-state index in [0.29, 0.717) is 0 Å². The van der Waals surface area contributed by atoms with E-state index in [1.807, 2.05) is 7.05 Å². The molecule has 2 fully saturated rings. The van der Waals surface area contributed by atoms with Crippen molar-refractivity contribution in [3.63, 3.8) is 0 Å². The van der Waals surface area contributed by atoms with Gasteiger partial charge in [0, 0.05) is 12.8 Å². The molecule has 70 valence electrons. The molecule has 1 spiro atoms. The fourth-order valence-corrected chi connectivity index (χ4v) is 2.29. The summed E-state index contributed by atoms with van der Waals surface area (Å²) in [6.07, 6.45) is 3.40. The predicted octanol–water partition coefficient (Wildman–Crippen LogP) is 0.749. The van der Waals surface area contributed by atoms with Gasteiger partial charge < -0.3 is 14.8 Å². The molecule has 1 atom stereocenters. The largest absolute Gasteiger partial charge is 0.348 e. The molecule has 12 heavy (non-hydrogen) atoms. The van der Waals surface area contributed by atoms with E-state index < -0.39 is 0 Å². The molecule has 1 N–H and O–H groups in total. The lowest BCUT2D eigenvalue weighted by molar-refractivity contribution is -0.152. The molecule has 0 radical (unpaired) electrons. The van der Waals surface area contributed by atoms with Crippen LogP contribution in [0.25, 0.3) is 0 Å². The molecule has 2 aliphatic rings. The van der Waals surface area contributed by atoms with Gasteiger partial charge in [0.15, 0.2) is 5.79 Å². The van der Waals surface area contributed by atoms with Crippen molar-refractivity contribution in [1.82, 2.24) is 5.32 Å². The maximum absolute atomic E-state index is 5.63. The van der Waals surface area contributed by atoms with Crippen molar-refractivity contribution in [2.45, 2.75) is 25.0 Å². The molecule has 0 bridgehead atoms. The van der Waals surface area contributed by atoms with Gasteiger partial charge in [0.1, 0.15) is 0 Å². The van der Waals surface area contributed by atoms with Crippen LogP contribution in [0.1, 0.15) is 19.3 Å². The van der Waals surface area contributed by atoms with E-state index in [2.05, 4.69) is 5.32 Å². The smallest absolute Gasteiger partial charge is 0.168 e. The monoisotopic (exact) mass is 171 g/mol. The minimum absolute atomic E-state index is 0.179. The van der Waals surface area contributed by atoms with Crippen molar-refractivity contribution in [2.75, 3.05) is 26.8 Å². The number of nitrogens with one attached hydrogen (secondary N) is 1. The maximum Gasteiger partial charge on any atom is 0.168 e. The molecule has 3 nitrogen and oxygen atoms in total. The third-order valence-electron chi connectivity index (χ3n) is 2.84. The van der Waals surface area contributed by atoms with Gasteiger partial charge in [-0.25, -0.2) is 0 Å². The van der Waals surface area contributed by atoms with Crippen molar-refractivity contribution < 1.29 is 9.47 Å². The topological polar surface area (TPSA) is 30.5 Å². The second-order valence-corrected chi connectivity index (χ2v) is 3.77. The molecule has 3 heteroatoms. The molecule has 0 aromatic carbocycles. The predicted molar refractivity (Wildman–Crippen MR) is 45.9 cm³/mol. The molecule has 0 aromatic heterocycles. The first-order valence-electron chi connectivity index (χ1n) is 4.77. The first kappa shape index (κ1) is 8.48. The van der Waals surface area contributed by atoms with Crippen LogP contribution >= 0.6 is 0 Å². The summed E-state index contributed by atoms with van der Waals surface area (Å²) in [7, 11) is 2.00. The van der Waals surface area contributed by atoms with Crippen LogP contribution in [0.5, 0.6) is 0 Å². The normalized spacial score (nSPS) is 33.2. The van der Waals surface area contributed by atoms with Gasteiger partial charge in [-0.05, 0) is 25.9 Å². The average Bonchev–Trinajstić information content (AvgIpc) is 2.65. The first-order chi connectivity index (χ1) is 5.85. The summed E-state index contributed by atoms with van der Waals surface area (Å²) in [4.78, 5) is 0. The number of hydrogen-bond donors (Lipinski definition) is 1. The average molecular weight is 171 g/mol. The van der Waals surface area contributed by atoms with E-state index in [1.54, 1.807) is 0 Å². The lowest BCUT2D eigenvalue weighted by Crippen LogP contribution is -2.27. The van der Waals surface area contributed by atoms with Gasteiger partial charge in [0.25, 0.3) is 0 Å². The molecule has 1 unspecified atom stereocenters. The van der Waals surface area contributed by atoms with Crippen LogP contribution in [-0.2, 0) is 9.47 Å². The third kappa shape index (κ3) is 1.49. The van der Waals surface area contributed by atoms with Gasteiger partial charge in [0.05, 0.1) is 13.2 Å². The van der Waals surface area contributed by atoms with Crippen molar-refractivity contribution in [2.24, 2.45) is 5.92 Å². The molecule has 0 aromatic rings. The van der Waals surface area contributed by atoms with E-state index in [-0.39, 0.29) is 5.79 Å². The summed E-state index contributed by atoms with van der Waals surface area (Å²) in [5.41, 5.74) is 0. The summed E-state index contributed by atoms with van der Waals surface area (Å²) in [5.74, 6) is 0.565. The zero-order valence-corrected chi connectivity index (χ0v) is 7.64. The Labute approximate surface area is 73.4 Å². The van der Waals surface area contributed by atoms with Gasteiger partial charge >= 0.3 is 0 Å². The van der Waals surface area contributed by atoms with Gasteiger partial charge in [-0.2, -0.15) is 0 Å². The summed E-state index contributed by atoms with van der Waals surface area (Å²) >= 11 is 0. The van der Waals surface area contributed by atoms with E-state index in [1.165, 1.54) is 6.42 Å². The molecule has 1 aliphatic carbocycles. The molecule has 2 rings (SSSR count). The molecular formula is C9H17NO2. The van der Waals surface area contributed by atoms with Crippen LogP contribution in [0.2, 0.25) is 0 Å². The van der Waals surface area contributed by atoms with Crippen LogP contribution in [0, 0.1) is 5.92 Å². The fraction of sp³-hybridized carbons (Fsp3) is 1.00. The van der Waals surface area contributed by atoms with Crippen LogP contribution in [0.4, 0.5) is 0 Å². The Balaban J connectivity index is 1.88. The Morgan fingerprint density at radius 1 is 1.42 bits per heavy atom. The lowest BCUT2D eigenvalue weighted by atomic mass is 10.1. The highest BCUT2D eigenvalue weighted by Crippen LogP contribution is 2.40. The summed E-state index contributed by atoms with van der Waals surface area (Å²) in [6.45, 7) is 2.66. The third-order valence-corrected chi connectivity index (χ3v) is 2.84. The molecule has 1 heterocycles. The lowest BCUT2D eigenvalue weighted by Gasteiger charge is -2.21. The molecule has 1 saturated heterocycles. The molecular weight excluding hydrogens is 154 g/mol. The van der Waals surface area contributed by atoms with Gasteiger partial charge in [0.2, 0.25) is 0 Å². The molecule has 0 amide bonds. The Morgan fingerprint density at radius 3 is 2.83 bits per heavy atom. The van der Waals surface area contributed by atoms with Crippen LogP contribution < -0.4 is 5.32 Å². The van der Waals surface area contributed by atoms with Crippen LogP contribution in [0.3, 0.4) is 0 Å². The van der Waals surface area contributed by atoms with Gasteiger partial charge in [-0.3, -0.25) is 0 Å². The minimum Gasteiger partial charge on any atom is -0.348 e. The van der Waals surface area contributed by atoms with Crippen molar-refractivity contribution in [1.29, 1.82) is 0 Å². The standard InChI is InChI=1S/C9H17NO2/c1-10-7-8-2-3-9(6-8)11-4-5-12-9/h8,10H,2-7H2,1H3. The Hall–Kier alpha value is -0.120. The zero-order valence-electron chi connectivity index (χ0n) is 7.64. The highest BCUT2D eigenvalue weighted by molar-refractivity contribution is 4.86. The molecule has 1 aliphatic heterocycles. The second kappa shape index (κ2) is 3.32. The SMILES string of the molecule is CNCC1CCC2(C1)OCCO2. The maximum atomic E-state index is 5.63. The number of hydrogen-bond acceptors (Lipinski definition) is 3. The second-order valence-electron chi connectivity index (χ2n) is 3.77. The Morgan fingerprint density at radius 2 is 2.17 bits per heavy atom. The fourth-order valence-electron chi connectivity index (χ4n) is 2.29. The highest BCUT2D eigenvalue weighted by Gasteiger charge is 2.43. The van der Waals surface area contributed by atoms with Gasteiger partial charge in [-0.15, -0.1) is 0 Å². The summed E-state index contributed by atoms with van der Waals surface area (Å²) in [6, 6.07) is 0. The Bertz CT molecular complexity index is 155. The summed E-state index contributed by atoms with van der Waals surface area (Å²) < 4.78 is 11.3. The van der Waals surface area contributed by atoms with E-state index in [9.17, 15) is 0 Å². The van der Waals surface area contributed by atoms with E-state index in [4.69, 9.17) is 9.47 Å². The zero-order chi connectivity index (χ0) is 8.44. The Kier molecular flexibility index (Phi) is 2.35. The van der Waals surface area contributed by atoms with Crippen molar-refractivity contribution in [3.8, 4) is 0 Å². The quantitative estimate of drug-likeness (QED) is 0.665. The minimum atomic E-state index is -0.179. The van der Waals surface area contributed by atoms with Crippen LogP contribution in [-0.4, -0.2) is 32.6 Å². The molecule has 1 saturated carbocycles. The number of ether oxygens (including phenoxy) is 2. The van der Waals surface area contributed by atoms with Crippen LogP contribution in [0.15, 0.2) is 0 Å². The van der Waals surface area contributed by atoms with E-state index >= 15 is 0 Å². The number of rotatable bonds is 2. The van der Waals surface area contributed by atoms with Crippen molar-refractivity contribution >= 4 is 0 Å².